The fraction of sp³-hybridized carbons (Fsp3) is 0.469. The Morgan fingerprint density at radius 2 is 1.82 bits per heavy atom. The van der Waals surface area contributed by atoms with Gasteiger partial charge in [0.25, 0.3) is 0 Å². The van der Waals surface area contributed by atoms with Gasteiger partial charge in [0.15, 0.2) is 17.9 Å². The third-order valence-corrected chi connectivity index (χ3v) is 9.16. The molecule has 0 saturated carbocycles. The van der Waals surface area contributed by atoms with Crippen molar-refractivity contribution >= 4 is 29.2 Å². The molecule has 17 nitrogen and oxygen atoms in total. The van der Waals surface area contributed by atoms with E-state index in [0.717, 1.165) is 0 Å². The van der Waals surface area contributed by atoms with Crippen LogP contribution in [0.4, 0.5) is 0 Å². The third-order valence-electron chi connectivity index (χ3n) is 9.16. The molecule has 0 aromatic heterocycles. The summed E-state index contributed by atoms with van der Waals surface area (Å²) in [6.07, 6.45) is -6.65. The number of nitrogens with two attached hydrogens (primary N) is 1. The summed E-state index contributed by atoms with van der Waals surface area (Å²) in [5, 5.41) is 63.9. The van der Waals surface area contributed by atoms with Crippen LogP contribution in [0.1, 0.15) is 81.7 Å². The van der Waals surface area contributed by atoms with Gasteiger partial charge in [-0.3, -0.25) is 29.4 Å². The molecule has 1 saturated heterocycles. The molecule has 0 radical (unpaired) electrons. The number of rotatable bonds is 11. The summed E-state index contributed by atoms with van der Waals surface area (Å²) < 4.78 is 17.2. The lowest BCUT2D eigenvalue weighted by atomic mass is 9.72. The van der Waals surface area contributed by atoms with E-state index in [0.29, 0.717) is 0 Å². The number of hydrazine groups is 1. The molecule has 1 heterocycles. The average Bonchev–Trinajstić information content (AvgIpc) is 3.07. The number of carboxylic acids is 1. The van der Waals surface area contributed by atoms with Gasteiger partial charge < -0.3 is 50.6 Å². The summed E-state index contributed by atoms with van der Waals surface area (Å²) in [7, 11) is 1.29. The molecule has 2 aromatic rings. The number of methoxy groups -OCH3 is 1. The van der Waals surface area contributed by atoms with Crippen molar-refractivity contribution in [3.63, 3.8) is 0 Å². The Kier molecular flexibility index (Phi) is 10.1. The van der Waals surface area contributed by atoms with Crippen LogP contribution >= 0.6 is 0 Å². The third kappa shape index (κ3) is 6.49. The van der Waals surface area contributed by atoms with Crippen LogP contribution in [0, 0.1) is 0 Å². The Bertz CT molecular complexity index is 1710. The average molecular weight is 688 g/mol. The Morgan fingerprint density at radius 3 is 2.47 bits per heavy atom. The summed E-state index contributed by atoms with van der Waals surface area (Å²) in [5.41, 5.74) is 6.32. The molecule has 2 aliphatic carbocycles. The molecule has 1 fully saturated rings. The number of phenols is 2. The van der Waals surface area contributed by atoms with Gasteiger partial charge in [0.2, 0.25) is 11.7 Å². The van der Waals surface area contributed by atoms with Crippen molar-refractivity contribution in [1.29, 1.82) is 0 Å². The second-order valence-corrected chi connectivity index (χ2v) is 12.3. The van der Waals surface area contributed by atoms with E-state index in [-0.39, 0.29) is 47.3 Å². The quantitative estimate of drug-likeness (QED) is 0.0850. The number of Topliss-reactive ketones (excluding diaryl/α,β-unsaturated/α-hetero) is 1. The number of aliphatic hydroxyl groups excluding tert-OH is 2. The zero-order chi connectivity index (χ0) is 35.9. The number of hydrogen-bond donors (Lipinski definition) is 9. The Morgan fingerprint density at radius 1 is 1.12 bits per heavy atom. The largest absolute Gasteiger partial charge is 0.507 e. The zero-order valence-electron chi connectivity index (χ0n) is 26.5. The van der Waals surface area contributed by atoms with Crippen LogP contribution < -0.4 is 21.3 Å². The number of amides is 1. The number of carbonyl (C=O) groups is 5. The zero-order valence-corrected chi connectivity index (χ0v) is 26.5. The van der Waals surface area contributed by atoms with Crippen molar-refractivity contribution < 1.29 is 68.8 Å². The number of nitrogens with one attached hydrogen (secondary N) is 2. The second kappa shape index (κ2) is 13.8. The summed E-state index contributed by atoms with van der Waals surface area (Å²) in [4.78, 5) is 63.5. The number of benzene rings is 2. The number of aromatic hydroxyl groups is 2. The Hall–Kier alpha value is -4.49. The fourth-order valence-electron chi connectivity index (χ4n) is 6.50. The molecule has 5 unspecified atom stereocenters. The van der Waals surface area contributed by atoms with Crippen molar-refractivity contribution in [2.45, 2.75) is 81.3 Å². The van der Waals surface area contributed by atoms with Crippen molar-refractivity contribution in [3.05, 3.63) is 51.6 Å². The molecule has 5 rings (SSSR count). The van der Waals surface area contributed by atoms with E-state index in [1.54, 1.807) is 0 Å². The molecule has 0 bridgehead atoms. The maximum Gasteiger partial charge on any atom is 0.320 e. The SMILES string of the molecule is COc1cccc2c1C(=O)c1c(O)c3c(c(O)c1C2=O)C[C@@](O)(C(=O)CO)C[C@@H]3OC1CC(NNC(=O)CCC(N)C(=O)O)C(O)C(C)O1. The van der Waals surface area contributed by atoms with E-state index in [1.165, 1.54) is 32.2 Å². The van der Waals surface area contributed by atoms with Gasteiger partial charge >= 0.3 is 5.97 Å². The first-order chi connectivity index (χ1) is 23.1. The molecule has 10 N–H and O–H groups in total. The predicted molar refractivity (Wildman–Crippen MR) is 164 cm³/mol. The van der Waals surface area contributed by atoms with Gasteiger partial charge in [-0.25, -0.2) is 5.43 Å². The number of ketones is 3. The van der Waals surface area contributed by atoms with Gasteiger partial charge in [0.05, 0.1) is 48.2 Å². The van der Waals surface area contributed by atoms with Crippen molar-refractivity contribution in [2.24, 2.45) is 5.73 Å². The highest BCUT2D eigenvalue weighted by Crippen LogP contribution is 2.52. The van der Waals surface area contributed by atoms with Crippen molar-refractivity contribution in [3.8, 4) is 17.2 Å². The number of hydrogen-bond acceptors (Lipinski definition) is 15. The standard InChI is InChI=1S/C32H37N3O14/c1-12-26(39)16(34-35-20(38)7-6-15(33)31(44)45)8-21(48-12)49-18-10-32(46,19(37)11-36)9-14-23(18)30(43)25-24(28(14)41)27(40)13-4-3-5-17(47-2)22(13)29(25)42/h3-5,12,15-16,18,21,26,34,36,39,41,43,46H,6-11,33H2,1-2H3,(H,35,38)(H,44,45)/t12?,15?,16?,18-,21?,26?,32-/m0/s1. The summed E-state index contributed by atoms with van der Waals surface area (Å²) in [6, 6.07) is 2.10. The molecule has 1 aliphatic heterocycles. The van der Waals surface area contributed by atoms with Gasteiger partial charge in [-0.2, -0.15) is 0 Å². The van der Waals surface area contributed by atoms with Gasteiger partial charge in [0, 0.05) is 42.4 Å². The number of carboxylic acid groups (broad SMARTS) is 1. The lowest BCUT2D eigenvalue weighted by molar-refractivity contribution is -0.250. The lowest BCUT2D eigenvalue weighted by Gasteiger charge is -2.43. The van der Waals surface area contributed by atoms with Crippen LogP contribution in [0.15, 0.2) is 18.2 Å². The highest BCUT2D eigenvalue weighted by atomic mass is 16.7. The second-order valence-electron chi connectivity index (χ2n) is 12.3. The number of carbonyl (C=O) groups excluding carboxylic acids is 4. The molecule has 17 heteroatoms. The van der Waals surface area contributed by atoms with Crippen LogP contribution in [0.3, 0.4) is 0 Å². The van der Waals surface area contributed by atoms with E-state index in [9.17, 15) is 49.5 Å². The molecule has 7 atom stereocenters. The van der Waals surface area contributed by atoms with Gasteiger partial charge in [-0.1, -0.05) is 12.1 Å². The van der Waals surface area contributed by atoms with Crippen LogP contribution in [0.2, 0.25) is 0 Å². The first kappa shape index (κ1) is 35.8. The highest BCUT2D eigenvalue weighted by molar-refractivity contribution is 6.31. The molecule has 1 amide bonds. The molecular weight excluding hydrogens is 650 g/mol. The molecule has 0 spiro atoms. The first-order valence-corrected chi connectivity index (χ1v) is 15.4. The minimum atomic E-state index is -2.35. The molecular formula is C32H37N3O14. The maximum absolute atomic E-state index is 13.8. The first-order valence-electron chi connectivity index (χ1n) is 15.4. The van der Waals surface area contributed by atoms with Gasteiger partial charge in [-0.15, -0.1) is 0 Å². The normalized spacial score (nSPS) is 26.6. The van der Waals surface area contributed by atoms with E-state index in [4.69, 9.17) is 25.1 Å². The minimum absolute atomic E-state index is 0.0485. The monoisotopic (exact) mass is 687 g/mol. The number of fused-ring (bicyclic) bond motifs is 3. The Labute approximate surface area is 278 Å². The van der Waals surface area contributed by atoms with E-state index in [1.807, 2.05) is 0 Å². The van der Waals surface area contributed by atoms with Crippen LogP contribution in [-0.2, 0) is 30.3 Å². The van der Waals surface area contributed by atoms with E-state index in [2.05, 4.69) is 10.9 Å². The smallest absolute Gasteiger partial charge is 0.320 e. The number of phenolic OH excluding ortho intramolecular Hbond substituents is 2. The van der Waals surface area contributed by atoms with E-state index < -0.39 is 114 Å². The van der Waals surface area contributed by atoms with Gasteiger partial charge in [-0.05, 0) is 19.4 Å². The van der Waals surface area contributed by atoms with Gasteiger partial charge in [0.1, 0.15) is 35.5 Å². The van der Waals surface area contributed by atoms with Crippen LogP contribution in [-0.4, -0.2) is 110 Å². The molecule has 2 aromatic carbocycles. The predicted octanol–water partition coefficient (Wildman–Crippen LogP) is -1.14. The number of aliphatic carboxylic acids is 1. The molecule has 3 aliphatic rings. The van der Waals surface area contributed by atoms with Crippen molar-refractivity contribution in [1.82, 2.24) is 10.9 Å². The van der Waals surface area contributed by atoms with Crippen LogP contribution in [0.25, 0.3) is 0 Å². The Balaban J connectivity index is 1.49. The maximum atomic E-state index is 13.8. The summed E-state index contributed by atoms with van der Waals surface area (Å²) in [5.74, 6) is -6.05. The summed E-state index contributed by atoms with van der Waals surface area (Å²) >= 11 is 0. The fourth-order valence-corrected chi connectivity index (χ4v) is 6.50. The number of ether oxygens (including phenoxy) is 3. The number of aliphatic hydroxyl groups is 3. The topological polar surface area (TPSA) is 284 Å². The van der Waals surface area contributed by atoms with Crippen molar-refractivity contribution in [2.75, 3.05) is 13.7 Å². The lowest BCUT2D eigenvalue weighted by Crippen LogP contribution is -2.58. The molecule has 49 heavy (non-hydrogen) atoms. The molecule has 264 valence electrons. The summed E-state index contributed by atoms with van der Waals surface area (Å²) in [6.45, 7) is 0.408. The van der Waals surface area contributed by atoms with E-state index >= 15 is 0 Å². The highest BCUT2D eigenvalue weighted by Gasteiger charge is 2.50. The van der Waals surface area contributed by atoms with Crippen LogP contribution in [0.5, 0.6) is 17.2 Å². The minimum Gasteiger partial charge on any atom is -0.507 e.